The molecule has 0 aromatic carbocycles. The highest BCUT2D eigenvalue weighted by Gasteiger charge is 2.10. The molecule has 0 aliphatic heterocycles. The second-order valence-corrected chi connectivity index (χ2v) is 2.81. The Bertz CT molecular complexity index is 250. The first-order valence-electron chi connectivity index (χ1n) is 4.08. The lowest BCUT2D eigenvalue weighted by atomic mass is 10.1. The van der Waals surface area contributed by atoms with Gasteiger partial charge < -0.3 is 9.52 Å². The lowest BCUT2D eigenvalue weighted by molar-refractivity contribution is 0.167. The van der Waals surface area contributed by atoms with Crippen molar-refractivity contribution >= 4 is 0 Å². The summed E-state index contributed by atoms with van der Waals surface area (Å²) in [6, 6.07) is 1.81. The number of aliphatic hydroxyl groups is 1. The van der Waals surface area contributed by atoms with Gasteiger partial charge in [0.1, 0.15) is 5.76 Å². The molecule has 1 atom stereocenters. The van der Waals surface area contributed by atoms with Gasteiger partial charge in [-0.3, -0.25) is 0 Å². The molecule has 2 heteroatoms. The van der Waals surface area contributed by atoms with E-state index >= 15 is 0 Å². The predicted molar refractivity (Wildman–Crippen MR) is 47.8 cm³/mol. The van der Waals surface area contributed by atoms with E-state index in [9.17, 15) is 5.11 Å². The van der Waals surface area contributed by atoms with Crippen molar-refractivity contribution in [3.05, 3.63) is 36.3 Å². The van der Waals surface area contributed by atoms with Crippen molar-refractivity contribution in [3.8, 4) is 0 Å². The molecule has 0 spiro atoms. The number of furan rings is 1. The van der Waals surface area contributed by atoms with Crippen LogP contribution in [0.3, 0.4) is 0 Å². The molecule has 0 amide bonds. The summed E-state index contributed by atoms with van der Waals surface area (Å²) in [6.45, 7) is 5.46. The zero-order chi connectivity index (χ0) is 8.97. The minimum Gasteiger partial charge on any atom is -0.469 e. The number of rotatable bonds is 4. The van der Waals surface area contributed by atoms with Crippen molar-refractivity contribution in [2.75, 3.05) is 0 Å². The van der Waals surface area contributed by atoms with Crippen LogP contribution in [-0.2, 0) is 0 Å². The first-order valence-corrected chi connectivity index (χ1v) is 4.08. The molecule has 1 aromatic rings. The second kappa shape index (κ2) is 4.12. The van der Waals surface area contributed by atoms with E-state index in [-0.39, 0.29) is 0 Å². The summed E-state index contributed by atoms with van der Waals surface area (Å²) >= 11 is 0. The van der Waals surface area contributed by atoms with Crippen LogP contribution in [0.15, 0.2) is 29.4 Å². The second-order valence-electron chi connectivity index (χ2n) is 2.81. The molecule has 1 aromatic heterocycles. The van der Waals surface area contributed by atoms with Crippen LogP contribution >= 0.6 is 0 Å². The van der Waals surface area contributed by atoms with Crippen LogP contribution in [0.1, 0.15) is 30.3 Å². The maximum Gasteiger partial charge on any atom is 0.106 e. The Balaban J connectivity index is 2.58. The molecule has 0 saturated heterocycles. The molecule has 1 heterocycles. The van der Waals surface area contributed by atoms with Gasteiger partial charge in [0.15, 0.2) is 0 Å². The summed E-state index contributed by atoms with van der Waals surface area (Å²) in [4.78, 5) is 0. The number of hydrogen-bond donors (Lipinski definition) is 1. The van der Waals surface area contributed by atoms with Crippen LogP contribution in [0.4, 0.5) is 0 Å². The van der Waals surface area contributed by atoms with Gasteiger partial charge >= 0.3 is 0 Å². The number of aryl methyl sites for hydroxylation is 1. The van der Waals surface area contributed by atoms with E-state index in [2.05, 4.69) is 6.58 Å². The number of aliphatic hydroxyl groups excluding tert-OH is 1. The van der Waals surface area contributed by atoms with Gasteiger partial charge in [0.2, 0.25) is 0 Å². The average Bonchev–Trinajstić information content (AvgIpc) is 2.47. The fraction of sp³-hybridized carbons (Fsp3) is 0.400. The van der Waals surface area contributed by atoms with Gasteiger partial charge in [-0.25, -0.2) is 0 Å². The number of hydrogen-bond acceptors (Lipinski definition) is 2. The predicted octanol–water partition coefficient (Wildman–Crippen LogP) is 2.59. The van der Waals surface area contributed by atoms with Gasteiger partial charge in [0.25, 0.3) is 0 Å². The third-order valence-electron chi connectivity index (χ3n) is 1.90. The quantitative estimate of drug-likeness (QED) is 0.697. The number of allylic oxidation sites excluding steroid dienone is 1. The summed E-state index contributed by atoms with van der Waals surface area (Å²) < 4.78 is 5.08. The molecule has 0 radical (unpaired) electrons. The van der Waals surface area contributed by atoms with Crippen molar-refractivity contribution in [3.63, 3.8) is 0 Å². The first kappa shape index (κ1) is 9.07. The minimum atomic E-state index is -0.415. The van der Waals surface area contributed by atoms with Crippen molar-refractivity contribution in [1.82, 2.24) is 0 Å². The van der Waals surface area contributed by atoms with Crippen molar-refractivity contribution in [2.24, 2.45) is 0 Å². The summed E-state index contributed by atoms with van der Waals surface area (Å²) in [5.74, 6) is 0.798. The molecule has 1 rings (SSSR count). The Morgan fingerprint density at radius 3 is 3.00 bits per heavy atom. The standard InChI is InChI=1S/C10H14O2/c1-3-4-5-10(11)9-6-7-12-8(9)2/h3,6-7,10-11H,1,4-5H2,2H3. The highest BCUT2D eigenvalue weighted by molar-refractivity contribution is 5.18. The van der Waals surface area contributed by atoms with E-state index < -0.39 is 6.10 Å². The van der Waals surface area contributed by atoms with Crippen LogP contribution in [0.5, 0.6) is 0 Å². The molecule has 1 unspecified atom stereocenters. The summed E-state index contributed by atoms with van der Waals surface area (Å²) in [6.07, 6.45) is 4.53. The highest BCUT2D eigenvalue weighted by Crippen LogP contribution is 2.22. The first-order chi connectivity index (χ1) is 5.75. The smallest absolute Gasteiger partial charge is 0.106 e. The van der Waals surface area contributed by atoms with Gasteiger partial charge in [-0.2, -0.15) is 0 Å². The van der Waals surface area contributed by atoms with E-state index in [0.717, 1.165) is 17.7 Å². The molecule has 0 fully saturated rings. The highest BCUT2D eigenvalue weighted by atomic mass is 16.3. The molecule has 0 saturated carbocycles. The molecular formula is C10H14O2. The monoisotopic (exact) mass is 166 g/mol. The van der Waals surface area contributed by atoms with Crippen LogP contribution in [0.2, 0.25) is 0 Å². The fourth-order valence-electron chi connectivity index (χ4n) is 1.17. The Labute approximate surface area is 72.5 Å². The van der Waals surface area contributed by atoms with Gasteiger partial charge in [0.05, 0.1) is 12.4 Å². The molecule has 0 bridgehead atoms. The maximum absolute atomic E-state index is 9.61. The Kier molecular flexibility index (Phi) is 3.11. The summed E-state index contributed by atoms with van der Waals surface area (Å²) in [5, 5.41) is 9.61. The summed E-state index contributed by atoms with van der Waals surface area (Å²) in [7, 11) is 0. The Morgan fingerprint density at radius 1 is 1.75 bits per heavy atom. The maximum atomic E-state index is 9.61. The molecular weight excluding hydrogens is 152 g/mol. The zero-order valence-electron chi connectivity index (χ0n) is 7.29. The summed E-state index contributed by atoms with van der Waals surface area (Å²) in [5.41, 5.74) is 0.886. The molecule has 0 aliphatic rings. The van der Waals surface area contributed by atoms with Crippen molar-refractivity contribution < 1.29 is 9.52 Å². The largest absolute Gasteiger partial charge is 0.469 e. The molecule has 1 N–H and O–H groups in total. The van der Waals surface area contributed by atoms with Crippen LogP contribution in [-0.4, -0.2) is 5.11 Å². The Morgan fingerprint density at radius 2 is 2.50 bits per heavy atom. The SMILES string of the molecule is C=CCCC(O)c1ccoc1C. The van der Waals surface area contributed by atoms with Crippen molar-refractivity contribution in [1.29, 1.82) is 0 Å². The van der Waals surface area contributed by atoms with Gasteiger partial charge in [-0.1, -0.05) is 6.08 Å². The minimum absolute atomic E-state index is 0.415. The van der Waals surface area contributed by atoms with Crippen LogP contribution in [0.25, 0.3) is 0 Å². The van der Waals surface area contributed by atoms with E-state index in [1.165, 1.54) is 0 Å². The third-order valence-corrected chi connectivity index (χ3v) is 1.90. The van der Waals surface area contributed by atoms with E-state index in [4.69, 9.17) is 4.42 Å². The third kappa shape index (κ3) is 1.98. The van der Waals surface area contributed by atoms with E-state index in [1.54, 1.807) is 12.3 Å². The van der Waals surface area contributed by atoms with Crippen molar-refractivity contribution in [2.45, 2.75) is 25.9 Å². The molecule has 66 valence electrons. The van der Waals surface area contributed by atoms with Gasteiger partial charge in [-0.05, 0) is 25.8 Å². The lowest BCUT2D eigenvalue weighted by Gasteiger charge is -2.06. The topological polar surface area (TPSA) is 33.4 Å². The zero-order valence-corrected chi connectivity index (χ0v) is 7.29. The average molecular weight is 166 g/mol. The van der Waals surface area contributed by atoms with Crippen LogP contribution in [0, 0.1) is 6.92 Å². The normalized spacial score (nSPS) is 12.8. The lowest BCUT2D eigenvalue weighted by Crippen LogP contribution is -1.96. The van der Waals surface area contributed by atoms with E-state index in [0.29, 0.717) is 6.42 Å². The molecule has 2 nitrogen and oxygen atoms in total. The Hall–Kier alpha value is -1.02. The molecule has 0 aliphatic carbocycles. The van der Waals surface area contributed by atoms with Crippen LogP contribution < -0.4 is 0 Å². The van der Waals surface area contributed by atoms with Gasteiger partial charge in [-0.15, -0.1) is 6.58 Å². The molecule has 12 heavy (non-hydrogen) atoms. The fourth-order valence-corrected chi connectivity index (χ4v) is 1.17. The van der Waals surface area contributed by atoms with Gasteiger partial charge in [0, 0.05) is 5.56 Å². The van der Waals surface area contributed by atoms with E-state index in [1.807, 2.05) is 13.0 Å².